The van der Waals surface area contributed by atoms with Crippen LogP contribution in [0.1, 0.15) is 11.3 Å². The number of thioether (sulfide) groups is 1. The molecule has 0 atom stereocenters. The van der Waals surface area contributed by atoms with Gasteiger partial charge in [-0.1, -0.05) is 11.6 Å². The second kappa shape index (κ2) is 4.03. The molecule has 0 radical (unpaired) electrons. The highest BCUT2D eigenvalue weighted by Gasteiger charge is 2.18. The van der Waals surface area contributed by atoms with E-state index >= 15 is 0 Å². The maximum absolute atomic E-state index is 6.14. The van der Waals surface area contributed by atoms with Gasteiger partial charge in [0.1, 0.15) is 5.15 Å². The van der Waals surface area contributed by atoms with E-state index in [4.69, 9.17) is 11.6 Å². The summed E-state index contributed by atoms with van der Waals surface area (Å²) in [6.45, 7) is 0. The molecule has 80 valence electrons. The summed E-state index contributed by atoms with van der Waals surface area (Å²) >= 11 is 7.97. The van der Waals surface area contributed by atoms with Crippen molar-refractivity contribution in [2.24, 2.45) is 0 Å². The Hall–Kier alpha value is -1.13. The SMILES string of the molecule is Clc1nc(-c2ccncc2)nc2c1CSC2. The quantitative estimate of drug-likeness (QED) is 0.729. The molecular weight excluding hydrogens is 242 g/mol. The third-order valence-corrected chi connectivity index (χ3v) is 3.75. The number of hydrogen-bond acceptors (Lipinski definition) is 4. The second-order valence-electron chi connectivity index (χ2n) is 3.49. The summed E-state index contributed by atoms with van der Waals surface area (Å²) in [6, 6.07) is 3.78. The van der Waals surface area contributed by atoms with Crippen molar-refractivity contribution in [1.82, 2.24) is 15.0 Å². The summed E-state index contributed by atoms with van der Waals surface area (Å²) in [5, 5.41) is 0.585. The van der Waals surface area contributed by atoms with Gasteiger partial charge < -0.3 is 0 Å². The maximum atomic E-state index is 6.14. The molecule has 1 aliphatic rings. The Morgan fingerprint density at radius 1 is 1.12 bits per heavy atom. The zero-order chi connectivity index (χ0) is 11.0. The van der Waals surface area contributed by atoms with Crippen molar-refractivity contribution in [3.05, 3.63) is 40.9 Å². The Morgan fingerprint density at radius 2 is 1.94 bits per heavy atom. The number of fused-ring (bicyclic) bond motifs is 1. The first-order valence-electron chi connectivity index (χ1n) is 4.88. The second-order valence-corrected chi connectivity index (χ2v) is 4.84. The van der Waals surface area contributed by atoms with Crippen LogP contribution >= 0.6 is 23.4 Å². The molecule has 3 heterocycles. The molecule has 0 saturated heterocycles. The minimum Gasteiger partial charge on any atom is -0.265 e. The molecule has 1 aliphatic heterocycles. The van der Waals surface area contributed by atoms with Gasteiger partial charge >= 0.3 is 0 Å². The average Bonchev–Trinajstić information content (AvgIpc) is 2.79. The van der Waals surface area contributed by atoms with E-state index in [2.05, 4.69) is 15.0 Å². The van der Waals surface area contributed by atoms with Gasteiger partial charge in [-0.05, 0) is 12.1 Å². The van der Waals surface area contributed by atoms with Crippen LogP contribution in [-0.4, -0.2) is 15.0 Å². The van der Waals surface area contributed by atoms with Crippen LogP contribution in [0.2, 0.25) is 5.15 Å². The van der Waals surface area contributed by atoms with Crippen molar-refractivity contribution in [3.8, 4) is 11.4 Å². The third kappa shape index (κ3) is 1.68. The number of aromatic nitrogens is 3. The molecule has 0 amide bonds. The van der Waals surface area contributed by atoms with E-state index in [9.17, 15) is 0 Å². The van der Waals surface area contributed by atoms with Crippen molar-refractivity contribution in [3.63, 3.8) is 0 Å². The van der Waals surface area contributed by atoms with Gasteiger partial charge in [-0.2, -0.15) is 11.8 Å². The van der Waals surface area contributed by atoms with Crippen molar-refractivity contribution in [1.29, 1.82) is 0 Å². The molecule has 16 heavy (non-hydrogen) atoms. The number of rotatable bonds is 1. The van der Waals surface area contributed by atoms with Gasteiger partial charge in [0, 0.05) is 35.0 Å². The molecule has 0 saturated carbocycles. The lowest BCUT2D eigenvalue weighted by Crippen LogP contribution is -1.97. The van der Waals surface area contributed by atoms with E-state index in [1.807, 2.05) is 23.9 Å². The third-order valence-electron chi connectivity index (χ3n) is 2.47. The Bertz CT molecular complexity index is 530. The van der Waals surface area contributed by atoms with Crippen LogP contribution in [-0.2, 0) is 11.5 Å². The van der Waals surface area contributed by atoms with Crippen molar-refractivity contribution in [2.75, 3.05) is 0 Å². The summed E-state index contributed by atoms with van der Waals surface area (Å²) in [7, 11) is 0. The number of hydrogen-bond donors (Lipinski definition) is 0. The lowest BCUT2D eigenvalue weighted by molar-refractivity contribution is 1.07. The molecule has 3 rings (SSSR count). The first-order chi connectivity index (χ1) is 7.84. The molecule has 2 aromatic heterocycles. The van der Waals surface area contributed by atoms with Gasteiger partial charge in [0.25, 0.3) is 0 Å². The predicted molar refractivity (Wildman–Crippen MR) is 65.3 cm³/mol. The highest BCUT2D eigenvalue weighted by Crippen LogP contribution is 2.33. The fraction of sp³-hybridized carbons (Fsp3) is 0.182. The van der Waals surface area contributed by atoms with Crippen LogP contribution in [0, 0.1) is 0 Å². The molecule has 0 fully saturated rings. The number of halogens is 1. The van der Waals surface area contributed by atoms with Gasteiger partial charge in [-0.3, -0.25) is 4.98 Å². The summed E-state index contributed by atoms with van der Waals surface area (Å²) < 4.78 is 0. The van der Waals surface area contributed by atoms with Crippen LogP contribution in [0.15, 0.2) is 24.5 Å². The minimum absolute atomic E-state index is 0.585. The smallest absolute Gasteiger partial charge is 0.161 e. The van der Waals surface area contributed by atoms with Gasteiger partial charge in [-0.15, -0.1) is 0 Å². The molecule has 2 aromatic rings. The van der Waals surface area contributed by atoms with E-state index in [1.54, 1.807) is 12.4 Å². The molecule has 0 aromatic carbocycles. The van der Waals surface area contributed by atoms with E-state index in [1.165, 1.54) is 0 Å². The number of pyridine rings is 1. The Balaban J connectivity index is 2.13. The Labute approximate surface area is 102 Å². The zero-order valence-corrected chi connectivity index (χ0v) is 9.92. The summed E-state index contributed by atoms with van der Waals surface area (Å²) in [5.74, 6) is 2.54. The molecule has 0 unspecified atom stereocenters. The minimum atomic E-state index is 0.585. The van der Waals surface area contributed by atoms with Crippen molar-refractivity contribution >= 4 is 23.4 Å². The summed E-state index contributed by atoms with van der Waals surface area (Å²) in [5.41, 5.74) is 3.11. The van der Waals surface area contributed by atoms with E-state index < -0.39 is 0 Å². The van der Waals surface area contributed by atoms with Crippen molar-refractivity contribution < 1.29 is 0 Å². The fourth-order valence-corrected chi connectivity index (χ4v) is 3.02. The molecule has 0 aliphatic carbocycles. The van der Waals surface area contributed by atoms with Gasteiger partial charge in [-0.25, -0.2) is 9.97 Å². The zero-order valence-electron chi connectivity index (χ0n) is 8.35. The van der Waals surface area contributed by atoms with Crippen molar-refractivity contribution in [2.45, 2.75) is 11.5 Å². The van der Waals surface area contributed by atoms with E-state index in [-0.39, 0.29) is 0 Å². The molecule has 0 spiro atoms. The Morgan fingerprint density at radius 3 is 2.75 bits per heavy atom. The summed E-state index contributed by atoms with van der Waals surface area (Å²) in [4.78, 5) is 12.8. The predicted octanol–water partition coefficient (Wildman–Crippen LogP) is 2.94. The lowest BCUT2D eigenvalue weighted by Gasteiger charge is -2.04. The highest BCUT2D eigenvalue weighted by molar-refractivity contribution is 7.98. The van der Waals surface area contributed by atoms with E-state index in [0.717, 1.165) is 28.3 Å². The molecule has 0 N–H and O–H groups in total. The first kappa shape index (κ1) is 10.1. The molecule has 0 bridgehead atoms. The van der Waals surface area contributed by atoms with Gasteiger partial charge in [0.2, 0.25) is 0 Å². The Kier molecular flexibility index (Phi) is 2.53. The van der Waals surface area contributed by atoms with Crippen LogP contribution < -0.4 is 0 Å². The lowest BCUT2D eigenvalue weighted by atomic mass is 10.2. The molecule has 5 heteroatoms. The number of nitrogens with zero attached hydrogens (tertiary/aromatic N) is 3. The van der Waals surface area contributed by atoms with Crippen LogP contribution in [0.4, 0.5) is 0 Å². The molecular formula is C11H8ClN3S. The topological polar surface area (TPSA) is 38.7 Å². The standard InChI is InChI=1S/C11H8ClN3S/c12-10-8-5-16-6-9(8)14-11(15-10)7-1-3-13-4-2-7/h1-4H,5-6H2. The fourth-order valence-electron chi connectivity index (χ4n) is 1.64. The van der Waals surface area contributed by atoms with Crippen LogP contribution in [0.3, 0.4) is 0 Å². The first-order valence-corrected chi connectivity index (χ1v) is 6.41. The normalized spacial score (nSPS) is 13.8. The van der Waals surface area contributed by atoms with Crippen LogP contribution in [0.5, 0.6) is 0 Å². The van der Waals surface area contributed by atoms with Gasteiger partial charge in [0.15, 0.2) is 5.82 Å². The summed E-state index contributed by atoms with van der Waals surface area (Å²) in [6.07, 6.45) is 3.46. The van der Waals surface area contributed by atoms with E-state index in [0.29, 0.717) is 11.0 Å². The average molecular weight is 250 g/mol. The largest absolute Gasteiger partial charge is 0.265 e. The van der Waals surface area contributed by atoms with Crippen LogP contribution in [0.25, 0.3) is 11.4 Å². The monoisotopic (exact) mass is 249 g/mol. The highest BCUT2D eigenvalue weighted by atomic mass is 35.5. The molecule has 3 nitrogen and oxygen atoms in total. The van der Waals surface area contributed by atoms with Gasteiger partial charge in [0.05, 0.1) is 5.69 Å². The maximum Gasteiger partial charge on any atom is 0.161 e.